The molecular formula is C19H23Cl2N5O2. The standard InChI is InChI=1S/C19H23Cl2N5O2/c1-2-23-19(25-7-6-24-18(28)13-4-3-5-22-11-13)26-12-17(27)14-8-15(20)10-16(21)9-14/h3-5,8-11,17,27H,2,6-7,12H2,1H3,(H,24,28)(H2,23,25,26). The van der Waals surface area contributed by atoms with Crippen LogP contribution in [0.15, 0.2) is 47.7 Å². The number of halogens is 2. The molecule has 2 aromatic rings. The number of rotatable bonds is 8. The van der Waals surface area contributed by atoms with Gasteiger partial charge in [-0.05, 0) is 42.8 Å². The summed E-state index contributed by atoms with van der Waals surface area (Å²) in [5, 5.41) is 20.2. The number of nitrogens with zero attached hydrogens (tertiary/aromatic N) is 2. The average molecular weight is 424 g/mol. The van der Waals surface area contributed by atoms with Crippen molar-refractivity contribution >= 4 is 35.1 Å². The molecule has 0 bridgehead atoms. The zero-order valence-corrected chi connectivity index (χ0v) is 17.0. The summed E-state index contributed by atoms with van der Waals surface area (Å²) >= 11 is 11.9. The highest BCUT2D eigenvalue weighted by atomic mass is 35.5. The molecule has 150 valence electrons. The minimum Gasteiger partial charge on any atom is -0.386 e. The second-order valence-corrected chi connectivity index (χ2v) is 6.74. The highest BCUT2D eigenvalue weighted by molar-refractivity contribution is 6.34. The van der Waals surface area contributed by atoms with Gasteiger partial charge >= 0.3 is 0 Å². The molecule has 0 fully saturated rings. The minimum atomic E-state index is -0.836. The Morgan fingerprint density at radius 3 is 2.54 bits per heavy atom. The lowest BCUT2D eigenvalue weighted by atomic mass is 10.1. The number of carbonyl (C=O) groups is 1. The van der Waals surface area contributed by atoms with Gasteiger partial charge in [-0.2, -0.15) is 0 Å². The summed E-state index contributed by atoms with van der Waals surface area (Å²) < 4.78 is 0. The average Bonchev–Trinajstić information content (AvgIpc) is 2.68. The third-order valence-electron chi connectivity index (χ3n) is 3.66. The number of benzene rings is 1. The van der Waals surface area contributed by atoms with Crippen LogP contribution >= 0.6 is 23.2 Å². The predicted molar refractivity (Wildman–Crippen MR) is 112 cm³/mol. The van der Waals surface area contributed by atoms with Gasteiger partial charge in [0.05, 0.1) is 18.2 Å². The fraction of sp³-hybridized carbons (Fsp3) is 0.316. The van der Waals surface area contributed by atoms with Crippen molar-refractivity contribution in [2.45, 2.75) is 13.0 Å². The van der Waals surface area contributed by atoms with Crippen molar-refractivity contribution in [2.75, 3.05) is 26.2 Å². The van der Waals surface area contributed by atoms with Crippen molar-refractivity contribution in [2.24, 2.45) is 4.99 Å². The predicted octanol–water partition coefficient (Wildman–Crippen LogP) is 2.41. The van der Waals surface area contributed by atoms with E-state index < -0.39 is 6.10 Å². The topological polar surface area (TPSA) is 98.6 Å². The van der Waals surface area contributed by atoms with Crippen LogP contribution in [0, 0.1) is 0 Å². The number of pyridine rings is 1. The van der Waals surface area contributed by atoms with Crippen LogP contribution in [-0.4, -0.2) is 48.1 Å². The Hall–Kier alpha value is -2.35. The highest BCUT2D eigenvalue weighted by Gasteiger charge is 2.10. The molecule has 9 heteroatoms. The molecule has 4 N–H and O–H groups in total. The molecule has 1 aromatic heterocycles. The lowest BCUT2D eigenvalue weighted by Crippen LogP contribution is -2.41. The molecule has 1 aromatic carbocycles. The van der Waals surface area contributed by atoms with Gasteiger partial charge in [-0.25, -0.2) is 0 Å². The van der Waals surface area contributed by atoms with Crippen molar-refractivity contribution in [3.63, 3.8) is 0 Å². The maximum atomic E-state index is 12.0. The Balaban J connectivity index is 1.83. The Kier molecular flexibility index (Phi) is 9.00. The Labute approximate surface area is 174 Å². The van der Waals surface area contributed by atoms with Crippen LogP contribution in [0.1, 0.15) is 28.9 Å². The molecule has 0 radical (unpaired) electrons. The maximum absolute atomic E-state index is 12.0. The van der Waals surface area contributed by atoms with E-state index in [4.69, 9.17) is 23.2 Å². The van der Waals surface area contributed by atoms with Crippen LogP contribution in [-0.2, 0) is 0 Å². The first-order valence-electron chi connectivity index (χ1n) is 8.84. The second kappa shape index (κ2) is 11.5. The number of aromatic nitrogens is 1. The van der Waals surface area contributed by atoms with E-state index in [0.29, 0.717) is 46.8 Å². The summed E-state index contributed by atoms with van der Waals surface area (Å²) in [7, 11) is 0. The molecule has 0 saturated heterocycles. The van der Waals surface area contributed by atoms with Crippen molar-refractivity contribution < 1.29 is 9.90 Å². The first-order valence-corrected chi connectivity index (χ1v) is 9.59. The molecule has 0 aliphatic heterocycles. The zero-order chi connectivity index (χ0) is 20.4. The Morgan fingerprint density at radius 2 is 1.89 bits per heavy atom. The number of hydrogen-bond donors (Lipinski definition) is 4. The van der Waals surface area contributed by atoms with E-state index in [-0.39, 0.29) is 12.5 Å². The molecule has 1 amide bonds. The molecule has 2 rings (SSSR count). The number of amides is 1. The number of nitrogens with one attached hydrogen (secondary N) is 3. The first kappa shape index (κ1) is 21.9. The first-order chi connectivity index (χ1) is 13.5. The van der Waals surface area contributed by atoms with Gasteiger partial charge in [-0.1, -0.05) is 23.2 Å². The highest BCUT2D eigenvalue weighted by Crippen LogP contribution is 2.23. The van der Waals surface area contributed by atoms with Crippen LogP contribution in [0.4, 0.5) is 0 Å². The van der Waals surface area contributed by atoms with Gasteiger partial charge < -0.3 is 21.1 Å². The number of aliphatic hydroxyl groups excluding tert-OH is 1. The van der Waals surface area contributed by atoms with Crippen LogP contribution in [0.2, 0.25) is 10.0 Å². The second-order valence-electron chi connectivity index (χ2n) is 5.86. The van der Waals surface area contributed by atoms with Crippen molar-refractivity contribution in [1.29, 1.82) is 0 Å². The third-order valence-corrected chi connectivity index (χ3v) is 4.10. The quantitative estimate of drug-likeness (QED) is 0.296. The van der Waals surface area contributed by atoms with Crippen molar-refractivity contribution in [3.05, 3.63) is 63.9 Å². The van der Waals surface area contributed by atoms with Gasteiger partial charge in [0.15, 0.2) is 5.96 Å². The molecule has 0 aliphatic rings. The molecule has 0 saturated carbocycles. The fourth-order valence-electron chi connectivity index (χ4n) is 2.35. The fourth-order valence-corrected chi connectivity index (χ4v) is 2.89. The lowest BCUT2D eigenvalue weighted by molar-refractivity contribution is 0.0954. The SMILES string of the molecule is CCNC(=NCC(O)c1cc(Cl)cc(Cl)c1)NCCNC(=O)c1cccnc1. The molecular weight excluding hydrogens is 401 g/mol. The van der Waals surface area contributed by atoms with Gasteiger partial charge in [0, 0.05) is 42.1 Å². The smallest absolute Gasteiger partial charge is 0.252 e. The number of hydrogen-bond acceptors (Lipinski definition) is 4. The van der Waals surface area contributed by atoms with Gasteiger partial charge in [0.2, 0.25) is 0 Å². The van der Waals surface area contributed by atoms with Crippen LogP contribution in [0.25, 0.3) is 0 Å². The summed E-state index contributed by atoms with van der Waals surface area (Å²) in [6, 6.07) is 8.32. The number of aliphatic imine (C=N–C) groups is 1. The summed E-state index contributed by atoms with van der Waals surface area (Å²) in [5.74, 6) is 0.343. The third kappa shape index (κ3) is 7.34. The molecule has 1 atom stereocenters. The summed E-state index contributed by atoms with van der Waals surface area (Å²) in [6.07, 6.45) is 2.29. The minimum absolute atomic E-state index is 0.133. The van der Waals surface area contributed by atoms with E-state index >= 15 is 0 Å². The lowest BCUT2D eigenvalue weighted by Gasteiger charge is -2.14. The number of guanidine groups is 1. The summed E-state index contributed by atoms with van der Waals surface area (Å²) in [4.78, 5) is 20.2. The largest absolute Gasteiger partial charge is 0.386 e. The Bertz CT molecular complexity index is 782. The van der Waals surface area contributed by atoms with Gasteiger partial charge in [0.25, 0.3) is 5.91 Å². The van der Waals surface area contributed by atoms with Crippen LogP contribution in [0.5, 0.6) is 0 Å². The van der Waals surface area contributed by atoms with E-state index in [1.807, 2.05) is 6.92 Å². The monoisotopic (exact) mass is 423 g/mol. The maximum Gasteiger partial charge on any atom is 0.252 e. The van der Waals surface area contributed by atoms with E-state index in [9.17, 15) is 9.90 Å². The van der Waals surface area contributed by atoms with Gasteiger partial charge in [-0.3, -0.25) is 14.8 Å². The molecule has 1 unspecified atom stereocenters. The van der Waals surface area contributed by atoms with Crippen molar-refractivity contribution in [3.8, 4) is 0 Å². The Morgan fingerprint density at radius 1 is 1.18 bits per heavy atom. The number of aliphatic hydroxyl groups is 1. The molecule has 28 heavy (non-hydrogen) atoms. The van der Waals surface area contributed by atoms with E-state index in [1.165, 1.54) is 6.20 Å². The van der Waals surface area contributed by atoms with Crippen molar-refractivity contribution in [1.82, 2.24) is 20.9 Å². The van der Waals surface area contributed by atoms with E-state index in [1.54, 1.807) is 36.5 Å². The molecule has 7 nitrogen and oxygen atoms in total. The number of carbonyl (C=O) groups excluding carboxylic acids is 1. The summed E-state index contributed by atoms with van der Waals surface area (Å²) in [6.45, 7) is 3.61. The van der Waals surface area contributed by atoms with Crippen LogP contribution in [0.3, 0.4) is 0 Å². The van der Waals surface area contributed by atoms with E-state index in [0.717, 1.165) is 0 Å². The summed E-state index contributed by atoms with van der Waals surface area (Å²) in [5.41, 5.74) is 1.10. The molecule has 1 heterocycles. The van der Waals surface area contributed by atoms with Crippen LogP contribution < -0.4 is 16.0 Å². The van der Waals surface area contributed by atoms with Gasteiger partial charge in [0.1, 0.15) is 0 Å². The van der Waals surface area contributed by atoms with E-state index in [2.05, 4.69) is 25.9 Å². The molecule has 0 aliphatic carbocycles. The zero-order valence-electron chi connectivity index (χ0n) is 15.5. The molecule has 0 spiro atoms. The van der Waals surface area contributed by atoms with Gasteiger partial charge in [-0.15, -0.1) is 0 Å². The normalized spacial score (nSPS) is 12.4.